The molecular weight excluding hydrogens is 857 g/mol. The van der Waals surface area contributed by atoms with E-state index in [1.807, 2.05) is 67.5 Å². The molecule has 1 aliphatic heterocycles. The number of hydrogen-bond donors (Lipinski definition) is 1. The van der Waals surface area contributed by atoms with Gasteiger partial charge in [-0.05, 0) is 159 Å². The second-order valence-electron chi connectivity index (χ2n) is 19.0. The minimum atomic E-state index is 0.259. The van der Waals surface area contributed by atoms with Crippen LogP contribution >= 0.6 is 0 Å². The normalized spacial score (nSPS) is 15.7. The first-order valence-corrected chi connectivity index (χ1v) is 24.1. The zero-order valence-electron chi connectivity index (χ0n) is 38.4. The van der Waals surface area contributed by atoms with Gasteiger partial charge in [-0.15, -0.1) is 0 Å². The van der Waals surface area contributed by atoms with Crippen LogP contribution in [0.1, 0.15) is 36.8 Å². The molecule has 7 aromatic heterocycles. The molecular formula is C62H42N8. The summed E-state index contributed by atoms with van der Waals surface area (Å²) in [6.45, 7) is 5.63. The van der Waals surface area contributed by atoms with Gasteiger partial charge >= 0.3 is 0 Å². The number of rotatable bonds is 4. The molecule has 1 aliphatic carbocycles. The van der Waals surface area contributed by atoms with Gasteiger partial charge < -0.3 is 14.5 Å². The molecule has 330 valence electrons. The third kappa shape index (κ3) is 5.55. The topological polar surface area (TPSA) is 86.3 Å². The first-order valence-electron chi connectivity index (χ1n) is 24.1. The molecule has 0 saturated heterocycles. The van der Waals surface area contributed by atoms with Gasteiger partial charge in [0.15, 0.2) is 0 Å². The maximum atomic E-state index is 4.85. The number of dihydropyridines is 1. The Morgan fingerprint density at radius 3 is 1.51 bits per heavy atom. The van der Waals surface area contributed by atoms with Crippen molar-refractivity contribution in [3.63, 3.8) is 0 Å². The number of nitrogens with zero attached hydrogens (tertiary/aromatic N) is 7. The van der Waals surface area contributed by atoms with Gasteiger partial charge in [-0.25, -0.2) is 0 Å². The fraction of sp³-hybridized carbons (Fsp3) is 0.0806. The molecule has 2 unspecified atom stereocenters. The Morgan fingerprint density at radius 2 is 0.971 bits per heavy atom. The first kappa shape index (κ1) is 39.0. The summed E-state index contributed by atoms with van der Waals surface area (Å²) < 4.78 is 4.84. The standard InChI is InChI=1S/C62H42N8/c1-35-36(2)46-30-54-52-26-38(48-28-40-10-4-22-66-60(40)62-44(48)14-8-24-68-62)16-18-56(52)70(42-12-6-20-64-34-42)58(54)32-50(46)49-31-57-53(29-45(35)49)51-25-37(15-17-55(51)69(57)41-11-5-19-63-33-41)47-27-39-9-3-21-65-59(39)61-43(47)13-7-23-67-61/h3-19,21-36,64H,20H2,1-2H3. The molecule has 6 aromatic carbocycles. The fourth-order valence-corrected chi connectivity index (χ4v) is 11.9. The van der Waals surface area contributed by atoms with Gasteiger partial charge in [-0.2, -0.15) is 0 Å². The van der Waals surface area contributed by atoms with Crippen LogP contribution in [0.3, 0.4) is 0 Å². The first-order chi connectivity index (χ1) is 34.6. The Bertz CT molecular complexity index is 4460. The van der Waals surface area contributed by atoms with Gasteiger partial charge in [0.1, 0.15) is 0 Å². The lowest BCUT2D eigenvalue weighted by Crippen LogP contribution is -2.14. The van der Waals surface area contributed by atoms with Crippen LogP contribution in [0.4, 0.5) is 0 Å². The summed E-state index contributed by atoms with van der Waals surface area (Å²) in [6, 6.07) is 49.3. The average molecular weight is 899 g/mol. The number of nitrogens with one attached hydrogen (secondary N) is 1. The summed E-state index contributed by atoms with van der Waals surface area (Å²) >= 11 is 0. The van der Waals surface area contributed by atoms with E-state index in [9.17, 15) is 0 Å². The van der Waals surface area contributed by atoms with E-state index in [2.05, 4.69) is 155 Å². The van der Waals surface area contributed by atoms with E-state index in [0.29, 0.717) is 0 Å². The zero-order valence-corrected chi connectivity index (χ0v) is 38.4. The van der Waals surface area contributed by atoms with Crippen molar-refractivity contribution >= 4 is 92.9 Å². The predicted octanol–water partition coefficient (Wildman–Crippen LogP) is 14.7. The van der Waals surface area contributed by atoms with E-state index < -0.39 is 0 Å². The van der Waals surface area contributed by atoms with Crippen LogP contribution in [0.2, 0.25) is 0 Å². The summed E-state index contributed by atoms with van der Waals surface area (Å²) in [7, 11) is 0. The monoisotopic (exact) mass is 898 g/mol. The third-order valence-electron chi connectivity index (χ3n) is 15.4. The van der Waals surface area contributed by atoms with Crippen LogP contribution in [0.25, 0.3) is 132 Å². The molecule has 8 nitrogen and oxygen atoms in total. The Hall–Kier alpha value is -9.01. The molecule has 0 saturated carbocycles. The van der Waals surface area contributed by atoms with Crippen molar-refractivity contribution in [1.82, 2.24) is 39.4 Å². The zero-order chi connectivity index (χ0) is 46.2. The fourth-order valence-electron chi connectivity index (χ4n) is 11.9. The van der Waals surface area contributed by atoms with Crippen LogP contribution in [0.15, 0.2) is 189 Å². The molecule has 0 radical (unpaired) electrons. The number of fused-ring (bicyclic) bond motifs is 15. The molecule has 0 fully saturated rings. The molecule has 70 heavy (non-hydrogen) atoms. The van der Waals surface area contributed by atoms with Crippen molar-refractivity contribution in [2.45, 2.75) is 25.7 Å². The summed E-state index contributed by atoms with van der Waals surface area (Å²) in [4.78, 5) is 23.8. The van der Waals surface area contributed by atoms with Crippen LogP contribution in [-0.4, -0.2) is 40.6 Å². The molecule has 1 N–H and O–H groups in total. The number of allylic oxidation sites excluding steroid dienone is 2. The SMILES string of the molecule is CC1c2cc3c4cc(-c5cc6cccnc6c6ncccc56)ccc4n(C4=CNCC=C4)c3cc2-c2cc3c(cc2C1C)c1cc(-c2cc4cccnc4c4ncccc24)ccc1n3-c1cccnc1. The average Bonchev–Trinajstić information content (AvgIpc) is 3.92. The number of aromatic nitrogens is 7. The molecule has 15 rings (SSSR count). The van der Waals surface area contributed by atoms with Gasteiger partial charge in [0.2, 0.25) is 0 Å². The van der Waals surface area contributed by atoms with Gasteiger partial charge in [0, 0.05) is 86.8 Å². The number of benzene rings is 6. The Labute approximate surface area is 401 Å². The smallest absolute Gasteiger partial charge is 0.0970 e. The van der Waals surface area contributed by atoms with E-state index in [1.165, 1.54) is 54.8 Å². The molecule has 0 bridgehead atoms. The van der Waals surface area contributed by atoms with E-state index in [4.69, 9.17) is 19.9 Å². The van der Waals surface area contributed by atoms with Crippen LogP contribution in [0.5, 0.6) is 0 Å². The predicted molar refractivity (Wildman–Crippen MR) is 287 cm³/mol. The highest BCUT2D eigenvalue weighted by Gasteiger charge is 2.32. The lowest BCUT2D eigenvalue weighted by atomic mass is 9.72. The summed E-state index contributed by atoms with van der Waals surface area (Å²) in [5.41, 5.74) is 20.3. The highest BCUT2D eigenvalue weighted by molar-refractivity contribution is 6.18. The van der Waals surface area contributed by atoms with Gasteiger partial charge in [0.25, 0.3) is 0 Å². The van der Waals surface area contributed by atoms with Crippen molar-refractivity contribution in [1.29, 1.82) is 0 Å². The van der Waals surface area contributed by atoms with Gasteiger partial charge in [-0.1, -0.05) is 56.3 Å². The van der Waals surface area contributed by atoms with Crippen LogP contribution < -0.4 is 5.32 Å². The van der Waals surface area contributed by atoms with Crippen LogP contribution in [-0.2, 0) is 0 Å². The minimum absolute atomic E-state index is 0.259. The highest BCUT2D eigenvalue weighted by atomic mass is 15.0. The van der Waals surface area contributed by atoms with E-state index in [0.717, 1.165) is 94.8 Å². The van der Waals surface area contributed by atoms with Crippen molar-refractivity contribution in [2.24, 2.45) is 0 Å². The Morgan fingerprint density at radius 1 is 0.457 bits per heavy atom. The Balaban J connectivity index is 0.978. The molecule has 8 heterocycles. The third-order valence-corrected chi connectivity index (χ3v) is 15.4. The van der Waals surface area contributed by atoms with E-state index >= 15 is 0 Å². The van der Waals surface area contributed by atoms with Crippen molar-refractivity contribution in [3.05, 3.63) is 200 Å². The summed E-state index contributed by atoms with van der Waals surface area (Å²) in [5.74, 6) is 0.520. The molecule has 0 amide bonds. The van der Waals surface area contributed by atoms with E-state index in [-0.39, 0.29) is 11.8 Å². The van der Waals surface area contributed by atoms with E-state index in [1.54, 1.807) is 0 Å². The van der Waals surface area contributed by atoms with Crippen molar-refractivity contribution < 1.29 is 0 Å². The Kier molecular flexibility index (Phi) is 8.22. The number of hydrogen-bond acceptors (Lipinski definition) is 6. The van der Waals surface area contributed by atoms with Gasteiger partial charge in [0.05, 0.1) is 61.7 Å². The van der Waals surface area contributed by atoms with Crippen LogP contribution in [0, 0.1) is 0 Å². The lowest BCUT2D eigenvalue weighted by molar-refractivity contribution is 0.617. The lowest BCUT2D eigenvalue weighted by Gasteiger charge is -2.32. The quantitative estimate of drug-likeness (QED) is 0.177. The summed E-state index contributed by atoms with van der Waals surface area (Å²) in [5, 5.41) is 12.7. The van der Waals surface area contributed by atoms with Crippen molar-refractivity contribution in [3.8, 4) is 39.1 Å². The van der Waals surface area contributed by atoms with Crippen molar-refractivity contribution in [2.75, 3.05) is 6.54 Å². The second kappa shape index (κ2) is 14.7. The summed E-state index contributed by atoms with van der Waals surface area (Å²) in [6.07, 6.45) is 17.9. The minimum Gasteiger partial charge on any atom is -0.386 e. The molecule has 13 aromatic rings. The maximum absolute atomic E-state index is 4.85. The molecule has 2 aliphatic rings. The largest absolute Gasteiger partial charge is 0.386 e. The molecule has 8 heteroatoms. The molecule has 2 atom stereocenters. The number of pyridine rings is 5. The highest BCUT2D eigenvalue weighted by Crippen LogP contribution is 2.52. The second-order valence-corrected chi connectivity index (χ2v) is 19.0. The molecule has 0 spiro atoms. The van der Waals surface area contributed by atoms with Gasteiger partial charge in [-0.3, -0.25) is 24.9 Å². The maximum Gasteiger partial charge on any atom is 0.0970 e.